The maximum Gasteiger partial charge on any atom is 0.321 e. The molecule has 0 saturated heterocycles. The van der Waals surface area contributed by atoms with E-state index in [4.69, 9.17) is 9.47 Å². The summed E-state index contributed by atoms with van der Waals surface area (Å²) in [6, 6.07) is 13.2. The van der Waals surface area contributed by atoms with Gasteiger partial charge in [-0.2, -0.15) is 8.78 Å². The van der Waals surface area contributed by atoms with Gasteiger partial charge in [-0.15, -0.1) is 0 Å². The number of methoxy groups -OCH3 is 1. The molecule has 0 radical (unpaired) electrons. The van der Waals surface area contributed by atoms with Crippen LogP contribution in [-0.2, 0) is 0 Å². The SMILES string of the molecule is COc1ccc(OCCN(C)C(=O)Nc2ccccc2SC(F)F)cc1. The number of thioether (sulfide) groups is 1. The van der Waals surface area contributed by atoms with E-state index in [0.29, 0.717) is 41.2 Å². The van der Waals surface area contributed by atoms with Gasteiger partial charge >= 0.3 is 6.03 Å². The third-order valence-corrected chi connectivity index (χ3v) is 4.23. The molecule has 26 heavy (non-hydrogen) atoms. The van der Waals surface area contributed by atoms with Gasteiger partial charge in [-0.05, 0) is 36.4 Å². The van der Waals surface area contributed by atoms with Crippen molar-refractivity contribution in [1.29, 1.82) is 0 Å². The quantitative estimate of drug-likeness (QED) is 0.681. The van der Waals surface area contributed by atoms with E-state index in [0.717, 1.165) is 5.75 Å². The van der Waals surface area contributed by atoms with Crippen LogP contribution in [0.25, 0.3) is 0 Å². The molecule has 2 aromatic carbocycles. The van der Waals surface area contributed by atoms with Crippen LogP contribution in [0.4, 0.5) is 19.3 Å². The van der Waals surface area contributed by atoms with Crippen LogP contribution >= 0.6 is 11.8 Å². The Bertz CT molecular complexity index is 714. The average Bonchev–Trinajstić information content (AvgIpc) is 2.63. The van der Waals surface area contributed by atoms with Gasteiger partial charge in [0, 0.05) is 11.9 Å². The van der Waals surface area contributed by atoms with Gasteiger partial charge < -0.3 is 19.7 Å². The number of para-hydroxylation sites is 1. The van der Waals surface area contributed by atoms with Crippen LogP contribution in [0.5, 0.6) is 11.5 Å². The second kappa shape index (κ2) is 9.86. The van der Waals surface area contributed by atoms with E-state index in [2.05, 4.69) is 5.32 Å². The highest BCUT2D eigenvalue weighted by atomic mass is 32.2. The Labute approximate surface area is 155 Å². The molecular weight excluding hydrogens is 362 g/mol. The number of halogens is 2. The number of alkyl halides is 2. The predicted octanol–water partition coefficient (Wildman–Crippen LogP) is 4.55. The molecule has 0 bridgehead atoms. The number of nitrogens with one attached hydrogen (secondary N) is 1. The summed E-state index contributed by atoms with van der Waals surface area (Å²) in [6.07, 6.45) is 0. The van der Waals surface area contributed by atoms with Crippen molar-refractivity contribution in [1.82, 2.24) is 4.90 Å². The number of amides is 2. The maximum absolute atomic E-state index is 12.6. The molecule has 0 unspecified atom stereocenters. The first kappa shape index (κ1) is 19.8. The molecule has 2 rings (SSSR count). The summed E-state index contributed by atoms with van der Waals surface area (Å²) in [7, 11) is 3.19. The minimum atomic E-state index is -2.55. The molecule has 0 aliphatic rings. The number of rotatable bonds is 8. The van der Waals surface area contributed by atoms with Gasteiger partial charge in [-0.25, -0.2) is 4.79 Å². The number of hydrogen-bond acceptors (Lipinski definition) is 4. The molecule has 0 heterocycles. The molecule has 0 aromatic heterocycles. The van der Waals surface area contributed by atoms with Crippen LogP contribution in [0.1, 0.15) is 0 Å². The Hall–Kier alpha value is -2.48. The first-order chi connectivity index (χ1) is 12.5. The zero-order valence-electron chi connectivity index (χ0n) is 14.4. The maximum atomic E-state index is 12.6. The van der Waals surface area contributed by atoms with Crippen LogP contribution in [0.3, 0.4) is 0 Å². The summed E-state index contributed by atoms with van der Waals surface area (Å²) < 4.78 is 35.8. The highest BCUT2D eigenvalue weighted by molar-refractivity contribution is 7.99. The van der Waals surface area contributed by atoms with E-state index in [-0.39, 0.29) is 0 Å². The first-order valence-electron chi connectivity index (χ1n) is 7.82. The monoisotopic (exact) mass is 382 g/mol. The number of likely N-dealkylation sites (N-methyl/N-ethyl adjacent to an activating group) is 1. The van der Waals surface area contributed by atoms with Gasteiger partial charge in [0.15, 0.2) is 0 Å². The predicted molar refractivity (Wildman–Crippen MR) is 98.4 cm³/mol. The second-order valence-electron chi connectivity index (χ2n) is 5.25. The van der Waals surface area contributed by atoms with Crippen molar-refractivity contribution in [2.24, 2.45) is 0 Å². The van der Waals surface area contributed by atoms with Gasteiger partial charge in [0.1, 0.15) is 18.1 Å². The molecular formula is C18H20F2N2O3S. The number of hydrogen-bond donors (Lipinski definition) is 1. The zero-order chi connectivity index (χ0) is 18.9. The Morgan fingerprint density at radius 1 is 1.15 bits per heavy atom. The van der Waals surface area contributed by atoms with Crippen molar-refractivity contribution in [3.8, 4) is 11.5 Å². The van der Waals surface area contributed by atoms with Crippen LogP contribution in [-0.4, -0.2) is 44.0 Å². The Kier molecular flexibility index (Phi) is 7.53. The number of carbonyl (C=O) groups is 1. The van der Waals surface area contributed by atoms with Gasteiger partial charge in [-0.3, -0.25) is 0 Å². The van der Waals surface area contributed by atoms with Crippen LogP contribution in [0.15, 0.2) is 53.4 Å². The van der Waals surface area contributed by atoms with E-state index >= 15 is 0 Å². The van der Waals surface area contributed by atoms with Crippen LogP contribution in [0, 0.1) is 0 Å². The molecule has 2 aromatic rings. The Balaban J connectivity index is 1.83. The standard InChI is InChI=1S/C18H20F2N2O3S/c1-22(11-12-25-14-9-7-13(24-2)8-10-14)18(23)21-15-5-3-4-6-16(15)26-17(19)20/h3-10,17H,11-12H2,1-2H3,(H,21,23). The summed E-state index contributed by atoms with van der Waals surface area (Å²) >= 11 is 0.395. The second-order valence-corrected chi connectivity index (χ2v) is 6.28. The summed E-state index contributed by atoms with van der Waals surface area (Å²) in [5, 5.41) is 2.64. The minimum Gasteiger partial charge on any atom is -0.497 e. The number of benzene rings is 2. The van der Waals surface area contributed by atoms with Crippen molar-refractivity contribution in [2.45, 2.75) is 10.7 Å². The number of nitrogens with zero attached hydrogens (tertiary/aromatic N) is 1. The van der Waals surface area contributed by atoms with Gasteiger partial charge in [-0.1, -0.05) is 23.9 Å². The molecule has 0 spiro atoms. The fourth-order valence-corrected chi connectivity index (χ4v) is 2.65. The molecule has 5 nitrogen and oxygen atoms in total. The summed E-state index contributed by atoms with van der Waals surface area (Å²) in [5.41, 5.74) is 0.353. The van der Waals surface area contributed by atoms with Gasteiger partial charge in [0.05, 0.1) is 19.3 Å². The number of ether oxygens (including phenoxy) is 2. The summed E-state index contributed by atoms with van der Waals surface area (Å²) in [4.78, 5) is 14.0. The summed E-state index contributed by atoms with van der Waals surface area (Å²) in [6.45, 7) is 0.631. The third-order valence-electron chi connectivity index (χ3n) is 3.45. The largest absolute Gasteiger partial charge is 0.497 e. The molecule has 0 fully saturated rings. The van der Waals surface area contributed by atoms with Crippen molar-refractivity contribution >= 4 is 23.5 Å². The molecule has 0 aliphatic carbocycles. The highest BCUT2D eigenvalue weighted by Crippen LogP contribution is 2.31. The van der Waals surface area contributed by atoms with Crippen molar-refractivity contribution in [3.05, 3.63) is 48.5 Å². The van der Waals surface area contributed by atoms with Crippen molar-refractivity contribution in [2.75, 3.05) is 32.6 Å². The molecule has 0 aliphatic heterocycles. The molecule has 8 heteroatoms. The molecule has 1 N–H and O–H groups in total. The fraction of sp³-hybridized carbons (Fsp3) is 0.278. The lowest BCUT2D eigenvalue weighted by molar-refractivity contribution is 0.207. The van der Waals surface area contributed by atoms with E-state index in [1.807, 2.05) is 0 Å². The van der Waals surface area contributed by atoms with E-state index in [9.17, 15) is 13.6 Å². The van der Waals surface area contributed by atoms with E-state index < -0.39 is 11.8 Å². The smallest absolute Gasteiger partial charge is 0.321 e. The Morgan fingerprint density at radius 2 is 1.81 bits per heavy atom. The molecule has 140 valence electrons. The minimum absolute atomic E-state index is 0.295. The zero-order valence-corrected chi connectivity index (χ0v) is 15.3. The van der Waals surface area contributed by atoms with Crippen LogP contribution in [0.2, 0.25) is 0 Å². The van der Waals surface area contributed by atoms with Crippen molar-refractivity contribution < 1.29 is 23.0 Å². The fourth-order valence-electron chi connectivity index (χ4n) is 2.05. The van der Waals surface area contributed by atoms with Crippen LogP contribution < -0.4 is 14.8 Å². The summed E-state index contributed by atoms with van der Waals surface area (Å²) in [5.74, 6) is -1.16. The number of carbonyl (C=O) groups excluding carboxylic acids is 1. The first-order valence-corrected chi connectivity index (χ1v) is 8.70. The topological polar surface area (TPSA) is 50.8 Å². The van der Waals surface area contributed by atoms with Gasteiger partial charge in [0.2, 0.25) is 0 Å². The normalized spacial score (nSPS) is 10.5. The lowest BCUT2D eigenvalue weighted by Crippen LogP contribution is -2.34. The number of anilines is 1. The third kappa shape index (κ3) is 6.11. The van der Waals surface area contributed by atoms with E-state index in [1.54, 1.807) is 62.7 Å². The van der Waals surface area contributed by atoms with Gasteiger partial charge in [0.25, 0.3) is 5.76 Å². The highest BCUT2D eigenvalue weighted by Gasteiger charge is 2.14. The Morgan fingerprint density at radius 3 is 2.46 bits per heavy atom. The number of urea groups is 1. The molecule has 0 saturated carbocycles. The van der Waals surface area contributed by atoms with E-state index in [1.165, 1.54) is 4.90 Å². The lowest BCUT2D eigenvalue weighted by Gasteiger charge is -2.19. The lowest BCUT2D eigenvalue weighted by atomic mass is 10.3. The average molecular weight is 382 g/mol. The van der Waals surface area contributed by atoms with Crippen molar-refractivity contribution in [3.63, 3.8) is 0 Å². The molecule has 0 atom stereocenters. The molecule has 2 amide bonds.